The van der Waals surface area contributed by atoms with Gasteiger partial charge in [-0.15, -0.1) is 11.8 Å². The standard InChI is InChI=1S/C25H40S/c1-16(2)21-13-23(18(5)6)25(24(14-21)19(7)8)26-15-20-11-9-10-12-22(20)17(3)4/h13-14,16,18-20,22H,3,9-12,15H2,1-2,4-8H3/t20-,22-/m1/s1. The molecule has 0 unspecified atom stereocenters. The van der Waals surface area contributed by atoms with Gasteiger partial charge in [-0.25, -0.2) is 0 Å². The third-order valence-corrected chi connectivity index (χ3v) is 7.42. The van der Waals surface area contributed by atoms with E-state index < -0.39 is 0 Å². The van der Waals surface area contributed by atoms with Crippen molar-refractivity contribution in [3.63, 3.8) is 0 Å². The van der Waals surface area contributed by atoms with Crippen LogP contribution in [0, 0.1) is 11.8 Å². The minimum absolute atomic E-state index is 0.581. The molecule has 1 aromatic rings. The molecular weight excluding hydrogens is 332 g/mol. The molecule has 1 aliphatic carbocycles. The topological polar surface area (TPSA) is 0 Å². The molecule has 146 valence electrons. The van der Waals surface area contributed by atoms with Crippen molar-refractivity contribution < 1.29 is 0 Å². The van der Waals surface area contributed by atoms with Gasteiger partial charge in [0.05, 0.1) is 0 Å². The molecule has 1 aromatic carbocycles. The molecule has 1 aliphatic rings. The van der Waals surface area contributed by atoms with Gasteiger partial charge in [-0.2, -0.15) is 0 Å². The average molecular weight is 373 g/mol. The van der Waals surface area contributed by atoms with Crippen LogP contribution in [0.1, 0.15) is 109 Å². The average Bonchev–Trinajstić information content (AvgIpc) is 2.58. The predicted molar refractivity (Wildman–Crippen MR) is 120 cm³/mol. The van der Waals surface area contributed by atoms with E-state index in [0.29, 0.717) is 17.8 Å². The van der Waals surface area contributed by atoms with Crippen LogP contribution in [-0.2, 0) is 0 Å². The van der Waals surface area contributed by atoms with Crippen molar-refractivity contribution in [3.8, 4) is 0 Å². The molecule has 26 heavy (non-hydrogen) atoms. The third kappa shape index (κ3) is 5.18. The van der Waals surface area contributed by atoms with Gasteiger partial charge >= 0.3 is 0 Å². The van der Waals surface area contributed by atoms with E-state index in [4.69, 9.17) is 0 Å². The second-order valence-corrected chi connectivity index (χ2v) is 10.3. The van der Waals surface area contributed by atoms with Crippen LogP contribution in [-0.4, -0.2) is 5.75 Å². The molecule has 1 saturated carbocycles. The Bertz CT molecular complexity index is 580. The molecule has 1 heteroatoms. The summed E-state index contributed by atoms with van der Waals surface area (Å²) in [5.41, 5.74) is 6.03. The largest absolute Gasteiger partial charge is 0.125 e. The number of hydrogen-bond donors (Lipinski definition) is 0. The van der Waals surface area contributed by atoms with Crippen molar-refractivity contribution >= 4 is 11.8 Å². The highest BCUT2D eigenvalue weighted by molar-refractivity contribution is 7.99. The first kappa shape index (κ1) is 21.6. The van der Waals surface area contributed by atoms with Crippen LogP contribution >= 0.6 is 11.8 Å². The van der Waals surface area contributed by atoms with Crippen molar-refractivity contribution in [3.05, 3.63) is 41.0 Å². The van der Waals surface area contributed by atoms with Gasteiger partial charge in [-0.3, -0.25) is 0 Å². The van der Waals surface area contributed by atoms with Crippen LogP contribution in [0.15, 0.2) is 29.2 Å². The van der Waals surface area contributed by atoms with Crippen LogP contribution in [0.5, 0.6) is 0 Å². The van der Waals surface area contributed by atoms with Gasteiger partial charge in [-0.1, -0.05) is 78.7 Å². The molecule has 0 saturated heterocycles. The summed E-state index contributed by atoms with van der Waals surface area (Å²) in [6.07, 6.45) is 5.51. The SMILES string of the molecule is C=C(C)[C@H]1CCCC[C@@H]1CSc1c(C(C)C)cc(C(C)C)cc1C(C)C. The number of hydrogen-bond acceptors (Lipinski definition) is 1. The van der Waals surface area contributed by atoms with E-state index in [2.05, 4.69) is 78.9 Å². The Morgan fingerprint density at radius 2 is 1.50 bits per heavy atom. The summed E-state index contributed by atoms with van der Waals surface area (Å²) in [4.78, 5) is 1.57. The Kier molecular flexibility index (Phi) is 7.89. The maximum Gasteiger partial charge on any atom is 0.0142 e. The highest BCUT2D eigenvalue weighted by Crippen LogP contribution is 2.42. The molecule has 0 aromatic heterocycles. The second kappa shape index (κ2) is 9.49. The van der Waals surface area contributed by atoms with Crippen molar-refractivity contribution in [1.82, 2.24) is 0 Å². The molecule has 0 heterocycles. The smallest absolute Gasteiger partial charge is 0.0142 e. The fourth-order valence-corrected chi connectivity index (χ4v) is 6.00. The van der Waals surface area contributed by atoms with Crippen LogP contribution in [0.2, 0.25) is 0 Å². The lowest BCUT2D eigenvalue weighted by Crippen LogP contribution is -2.22. The van der Waals surface area contributed by atoms with Crippen molar-refractivity contribution in [2.24, 2.45) is 11.8 Å². The lowest BCUT2D eigenvalue weighted by Gasteiger charge is -2.32. The Labute approximate surface area is 167 Å². The third-order valence-electron chi connectivity index (χ3n) is 6.06. The molecule has 0 aliphatic heterocycles. The molecule has 1 fully saturated rings. The van der Waals surface area contributed by atoms with E-state index in [0.717, 1.165) is 11.8 Å². The van der Waals surface area contributed by atoms with Crippen LogP contribution in [0.4, 0.5) is 0 Å². The molecule has 0 bridgehead atoms. The lowest BCUT2D eigenvalue weighted by molar-refractivity contribution is 0.299. The van der Waals surface area contributed by atoms with E-state index in [1.165, 1.54) is 42.6 Å². The van der Waals surface area contributed by atoms with Gasteiger partial charge < -0.3 is 0 Å². The molecule has 2 rings (SSSR count). The number of benzene rings is 1. The first-order valence-electron chi connectivity index (χ1n) is 10.7. The van der Waals surface area contributed by atoms with Crippen LogP contribution in [0.25, 0.3) is 0 Å². The van der Waals surface area contributed by atoms with Gasteiger partial charge in [0, 0.05) is 10.6 Å². The Morgan fingerprint density at radius 1 is 0.962 bits per heavy atom. The van der Waals surface area contributed by atoms with Gasteiger partial charge in [-0.05, 0) is 66.0 Å². The zero-order chi connectivity index (χ0) is 19.4. The van der Waals surface area contributed by atoms with Gasteiger partial charge in [0.1, 0.15) is 0 Å². The summed E-state index contributed by atoms with van der Waals surface area (Å²) in [6.45, 7) is 20.6. The van der Waals surface area contributed by atoms with E-state index >= 15 is 0 Å². The fraction of sp³-hybridized carbons (Fsp3) is 0.680. The summed E-state index contributed by atoms with van der Waals surface area (Å²) in [5, 5.41) is 0. The molecule has 0 N–H and O–H groups in total. The molecule has 0 amide bonds. The summed E-state index contributed by atoms with van der Waals surface area (Å²) < 4.78 is 0. The van der Waals surface area contributed by atoms with Gasteiger partial charge in [0.15, 0.2) is 0 Å². The van der Waals surface area contributed by atoms with E-state index in [9.17, 15) is 0 Å². The van der Waals surface area contributed by atoms with Gasteiger partial charge in [0.2, 0.25) is 0 Å². The van der Waals surface area contributed by atoms with Crippen molar-refractivity contribution in [1.29, 1.82) is 0 Å². The number of rotatable bonds is 7. The minimum Gasteiger partial charge on any atom is -0.125 e. The van der Waals surface area contributed by atoms with Gasteiger partial charge in [0.25, 0.3) is 0 Å². The normalized spacial score (nSPS) is 21.0. The monoisotopic (exact) mass is 372 g/mol. The Morgan fingerprint density at radius 3 is 1.96 bits per heavy atom. The summed E-state index contributed by atoms with van der Waals surface area (Å²) >= 11 is 2.14. The highest BCUT2D eigenvalue weighted by Gasteiger charge is 2.27. The second-order valence-electron chi connectivity index (χ2n) is 9.30. The van der Waals surface area contributed by atoms with Crippen molar-refractivity contribution in [2.45, 2.75) is 96.8 Å². The molecular formula is C25H40S. The maximum absolute atomic E-state index is 4.30. The van der Waals surface area contributed by atoms with E-state index in [-0.39, 0.29) is 0 Å². The summed E-state index contributed by atoms with van der Waals surface area (Å²) in [6, 6.07) is 4.97. The van der Waals surface area contributed by atoms with Crippen molar-refractivity contribution in [2.75, 3.05) is 5.75 Å². The van der Waals surface area contributed by atoms with Crippen LogP contribution in [0.3, 0.4) is 0 Å². The number of thioether (sulfide) groups is 1. The zero-order valence-corrected chi connectivity index (χ0v) is 19.0. The highest BCUT2D eigenvalue weighted by atomic mass is 32.2. The maximum atomic E-state index is 4.30. The molecule has 0 spiro atoms. The summed E-state index contributed by atoms with van der Waals surface area (Å²) in [7, 11) is 0. The summed E-state index contributed by atoms with van der Waals surface area (Å²) in [5.74, 6) is 4.54. The molecule has 2 atom stereocenters. The van der Waals surface area contributed by atoms with E-state index in [1.807, 2.05) is 0 Å². The quantitative estimate of drug-likeness (QED) is 0.341. The van der Waals surface area contributed by atoms with Crippen LogP contribution < -0.4 is 0 Å². The molecule has 0 nitrogen and oxygen atoms in total. The lowest BCUT2D eigenvalue weighted by atomic mass is 9.77. The predicted octanol–water partition coefficient (Wildman–Crippen LogP) is 8.53. The fourth-order valence-electron chi connectivity index (χ4n) is 4.30. The first-order chi connectivity index (χ1) is 12.2. The zero-order valence-electron chi connectivity index (χ0n) is 18.2. The Hall–Kier alpha value is -0.690. The minimum atomic E-state index is 0.581. The first-order valence-corrected chi connectivity index (χ1v) is 11.7. The number of allylic oxidation sites excluding steroid dienone is 1. The molecule has 0 radical (unpaired) electrons. The Balaban J connectivity index is 2.33. The van der Waals surface area contributed by atoms with E-state index in [1.54, 1.807) is 16.0 Å².